The standard InChI is InChI=1S/C17H22O4/c1-17(15(18)20-2,16(19)21-3)13-9-5-8-12-14-10-6-4-7-11-14/h4-7,9-11H,8,12-13H2,1-3H3/b9-5+. The van der Waals surface area contributed by atoms with Crippen molar-refractivity contribution in [1.29, 1.82) is 0 Å². The molecule has 0 saturated carbocycles. The Morgan fingerprint density at radius 3 is 2.14 bits per heavy atom. The first-order chi connectivity index (χ1) is 10.0. The summed E-state index contributed by atoms with van der Waals surface area (Å²) >= 11 is 0. The van der Waals surface area contributed by atoms with E-state index in [-0.39, 0.29) is 6.42 Å². The molecule has 0 radical (unpaired) electrons. The normalized spacial score (nSPS) is 11.4. The van der Waals surface area contributed by atoms with Gasteiger partial charge in [0.25, 0.3) is 0 Å². The van der Waals surface area contributed by atoms with Crippen LogP contribution in [0.1, 0.15) is 25.3 Å². The van der Waals surface area contributed by atoms with Crippen molar-refractivity contribution in [3.05, 3.63) is 48.0 Å². The van der Waals surface area contributed by atoms with Gasteiger partial charge in [-0.25, -0.2) is 0 Å². The van der Waals surface area contributed by atoms with Crippen LogP contribution < -0.4 is 0 Å². The van der Waals surface area contributed by atoms with Gasteiger partial charge >= 0.3 is 11.9 Å². The number of hydrogen-bond acceptors (Lipinski definition) is 4. The zero-order valence-electron chi connectivity index (χ0n) is 12.8. The molecule has 4 nitrogen and oxygen atoms in total. The molecule has 0 aliphatic rings. The second kappa shape index (κ2) is 8.25. The van der Waals surface area contributed by atoms with Crippen LogP contribution in [0.25, 0.3) is 0 Å². The van der Waals surface area contributed by atoms with Crippen LogP contribution in [0.2, 0.25) is 0 Å². The third kappa shape index (κ3) is 4.74. The van der Waals surface area contributed by atoms with Gasteiger partial charge in [-0.1, -0.05) is 42.5 Å². The number of rotatable bonds is 7. The van der Waals surface area contributed by atoms with Crippen molar-refractivity contribution in [2.45, 2.75) is 26.2 Å². The molecule has 0 saturated heterocycles. The van der Waals surface area contributed by atoms with Crippen LogP contribution in [-0.4, -0.2) is 26.2 Å². The average Bonchev–Trinajstić information content (AvgIpc) is 2.53. The first-order valence-corrected chi connectivity index (χ1v) is 6.90. The molecule has 0 heterocycles. The summed E-state index contributed by atoms with van der Waals surface area (Å²) < 4.78 is 9.38. The number of carbonyl (C=O) groups excluding carboxylic acids is 2. The summed E-state index contributed by atoms with van der Waals surface area (Å²) in [5.41, 5.74) is -0.0296. The van der Waals surface area contributed by atoms with Crippen LogP contribution in [0.3, 0.4) is 0 Å². The van der Waals surface area contributed by atoms with Crippen molar-refractivity contribution in [3.8, 4) is 0 Å². The maximum Gasteiger partial charge on any atom is 0.323 e. The van der Waals surface area contributed by atoms with Crippen molar-refractivity contribution < 1.29 is 19.1 Å². The van der Waals surface area contributed by atoms with Crippen molar-refractivity contribution in [3.63, 3.8) is 0 Å². The van der Waals surface area contributed by atoms with Gasteiger partial charge in [0, 0.05) is 0 Å². The van der Waals surface area contributed by atoms with Gasteiger partial charge in [0.1, 0.15) is 0 Å². The minimum absolute atomic E-state index is 0.265. The highest BCUT2D eigenvalue weighted by Crippen LogP contribution is 2.25. The number of hydrogen-bond donors (Lipinski definition) is 0. The van der Waals surface area contributed by atoms with E-state index < -0.39 is 17.4 Å². The van der Waals surface area contributed by atoms with Crippen molar-refractivity contribution >= 4 is 11.9 Å². The lowest BCUT2D eigenvalue weighted by Gasteiger charge is -2.21. The third-order valence-electron chi connectivity index (χ3n) is 3.41. The van der Waals surface area contributed by atoms with Gasteiger partial charge in [0.05, 0.1) is 14.2 Å². The number of allylic oxidation sites excluding steroid dienone is 2. The topological polar surface area (TPSA) is 52.6 Å². The van der Waals surface area contributed by atoms with Crippen LogP contribution in [0.5, 0.6) is 0 Å². The Morgan fingerprint density at radius 1 is 1.05 bits per heavy atom. The van der Waals surface area contributed by atoms with Crippen LogP contribution in [0, 0.1) is 5.41 Å². The Hall–Kier alpha value is -2.10. The molecule has 1 aromatic rings. The van der Waals surface area contributed by atoms with Crippen LogP contribution in [0.4, 0.5) is 0 Å². The molecule has 0 aromatic heterocycles. The smallest absolute Gasteiger partial charge is 0.323 e. The van der Waals surface area contributed by atoms with E-state index in [1.54, 1.807) is 0 Å². The number of aryl methyl sites for hydroxylation is 1. The fraction of sp³-hybridized carbons (Fsp3) is 0.412. The molecule has 0 aliphatic heterocycles. The highest BCUT2D eigenvalue weighted by molar-refractivity contribution is 5.99. The molecule has 0 spiro atoms. The highest BCUT2D eigenvalue weighted by Gasteiger charge is 2.42. The summed E-state index contributed by atoms with van der Waals surface area (Å²) in [7, 11) is 2.53. The molecule has 0 atom stereocenters. The van der Waals surface area contributed by atoms with Crippen LogP contribution in [-0.2, 0) is 25.5 Å². The van der Waals surface area contributed by atoms with Gasteiger partial charge in [-0.2, -0.15) is 0 Å². The molecule has 0 unspecified atom stereocenters. The van der Waals surface area contributed by atoms with E-state index >= 15 is 0 Å². The van der Waals surface area contributed by atoms with E-state index in [1.807, 2.05) is 30.4 Å². The first kappa shape index (κ1) is 17.0. The van der Waals surface area contributed by atoms with Gasteiger partial charge in [-0.05, 0) is 31.7 Å². The van der Waals surface area contributed by atoms with E-state index in [2.05, 4.69) is 12.1 Å². The molecule has 0 N–H and O–H groups in total. The minimum atomic E-state index is -1.28. The maximum absolute atomic E-state index is 11.8. The van der Waals surface area contributed by atoms with Crippen molar-refractivity contribution in [2.75, 3.05) is 14.2 Å². The molecule has 0 fully saturated rings. The zero-order chi connectivity index (χ0) is 15.7. The predicted molar refractivity (Wildman–Crippen MR) is 80.7 cm³/mol. The summed E-state index contributed by atoms with van der Waals surface area (Å²) in [5.74, 6) is -1.16. The summed E-state index contributed by atoms with van der Waals surface area (Å²) in [6.07, 6.45) is 5.84. The fourth-order valence-corrected chi connectivity index (χ4v) is 2.03. The molecule has 114 valence electrons. The molecule has 0 amide bonds. The van der Waals surface area contributed by atoms with Crippen molar-refractivity contribution in [2.24, 2.45) is 5.41 Å². The largest absolute Gasteiger partial charge is 0.468 e. The average molecular weight is 290 g/mol. The zero-order valence-corrected chi connectivity index (χ0v) is 12.8. The lowest BCUT2D eigenvalue weighted by atomic mass is 9.86. The second-order valence-corrected chi connectivity index (χ2v) is 5.02. The molecular formula is C17H22O4. The van der Waals surface area contributed by atoms with E-state index in [0.717, 1.165) is 12.8 Å². The lowest BCUT2D eigenvalue weighted by molar-refractivity contribution is -0.167. The maximum atomic E-state index is 11.8. The first-order valence-electron chi connectivity index (χ1n) is 6.90. The Labute approximate surface area is 125 Å². The van der Waals surface area contributed by atoms with E-state index in [9.17, 15) is 9.59 Å². The van der Waals surface area contributed by atoms with E-state index in [1.165, 1.54) is 26.7 Å². The van der Waals surface area contributed by atoms with Gasteiger partial charge < -0.3 is 9.47 Å². The Balaban J connectivity index is 2.55. The minimum Gasteiger partial charge on any atom is -0.468 e. The quantitative estimate of drug-likeness (QED) is 0.440. The Morgan fingerprint density at radius 2 is 1.62 bits per heavy atom. The summed E-state index contributed by atoms with van der Waals surface area (Å²) in [6.45, 7) is 1.53. The molecule has 0 aliphatic carbocycles. The molecule has 0 bridgehead atoms. The van der Waals surface area contributed by atoms with Gasteiger partial charge in [-0.3, -0.25) is 9.59 Å². The fourth-order valence-electron chi connectivity index (χ4n) is 2.03. The summed E-state index contributed by atoms with van der Waals surface area (Å²) in [4.78, 5) is 23.5. The third-order valence-corrected chi connectivity index (χ3v) is 3.41. The molecule has 1 aromatic carbocycles. The number of carbonyl (C=O) groups is 2. The van der Waals surface area contributed by atoms with Crippen molar-refractivity contribution in [1.82, 2.24) is 0 Å². The lowest BCUT2D eigenvalue weighted by Crippen LogP contribution is -2.38. The van der Waals surface area contributed by atoms with Crippen LogP contribution in [0.15, 0.2) is 42.5 Å². The summed E-state index contributed by atoms with van der Waals surface area (Å²) in [6, 6.07) is 10.1. The highest BCUT2D eigenvalue weighted by atomic mass is 16.5. The van der Waals surface area contributed by atoms with Gasteiger partial charge in [-0.15, -0.1) is 0 Å². The molecule has 4 heteroatoms. The monoisotopic (exact) mass is 290 g/mol. The number of ether oxygens (including phenoxy) is 2. The van der Waals surface area contributed by atoms with Crippen LogP contribution >= 0.6 is 0 Å². The number of esters is 2. The number of benzene rings is 1. The summed E-state index contributed by atoms with van der Waals surface area (Å²) in [5, 5.41) is 0. The van der Waals surface area contributed by atoms with Gasteiger partial charge in [0.2, 0.25) is 0 Å². The molecule has 21 heavy (non-hydrogen) atoms. The van der Waals surface area contributed by atoms with E-state index in [0.29, 0.717) is 0 Å². The number of methoxy groups -OCH3 is 2. The van der Waals surface area contributed by atoms with E-state index in [4.69, 9.17) is 9.47 Å². The SMILES string of the molecule is COC(=O)C(C)(C/C=C/CCc1ccccc1)C(=O)OC. The second-order valence-electron chi connectivity index (χ2n) is 5.02. The predicted octanol–water partition coefficient (Wildman–Crippen LogP) is 2.92. The molecular weight excluding hydrogens is 268 g/mol. The Bertz CT molecular complexity index is 475. The molecule has 1 rings (SSSR count). The Kier molecular flexibility index (Phi) is 6.66. The van der Waals surface area contributed by atoms with Gasteiger partial charge in [0.15, 0.2) is 5.41 Å².